The number of benzene rings is 1. The number of amides is 1. The SMILES string of the molecule is Cc1ccc2[nH]c3c(c2c1)CC(C(=O)NC1CC1)CC3. The lowest BCUT2D eigenvalue weighted by atomic mass is 9.85. The van der Waals surface area contributed by atoms with Gasteiger partial charge in [-0.1, -0.05) is 11.6 Å². The van der Waals surface area contributed by atoms with Crippen LogP contribution < -0.4 is 5.32 Å². The Morgan fingerprint density at radius 1 is 1.30 bits per heavy atom. The average Bonchev–Trinajstić information content (AvgIpc) is 3.18. The maximum Gasteiger partial charge on any atom is 0.223 e. The number of fused-ring (bicyclic) bond motifs is 3. The molecule has 0 saturated heterocycles. The highest BCUT2D eigenvalue weighted by molar-refractivity contribution is 5.87. The standard InChI is InChI=1S/C17H20N2O/c1-10-2-6-15-13(8-10)14-9-11(3-7-16(14)19-15)17(20)18-12-4-5-12/h2,6,8,11-12,19H,3-5,7,9H2,1H3,(H,18,20). The van der Waals surface area contributed by atoms with Crippen LogP contribution in [0.4, 0.5) is 0 Å². The van der Waals surface area contributed by atoms with E-state index in [0.717, 1.165) is 32.1 Å². The highest BCUT2D eigenvalue weighted by Gasteiger charge is 2.31. The Bertz CT molecular complexity index is 682. The topological polar surface area (TPSA) is 44.9 Å². The van der Waals surface area contributed by atoms with E-state index in [1.807, 2.05) is 0 Å². The van der Waals surface area contributed by atoms with Gasteiger partial charge in [0.25, 0.3) is 0 Å². The first-order valence-electron chi connectivity index (χ1n) is 7.61. The Hall–Kier alpha value is -1.77. The van der Waals surface area contributed by atoms with Crippen molar-refractivity contribution in [1.29, 1.82) is 0 Å². The third kappa shape index (κ3) is 2.01. The summed E-state index contributed by atoms with van der Waals surface area (Å²) in [7, 11) is 0. The summed E-state index contributed by atoms with van der Waals surface area (Å²) in [5.74, 6) is 0.419. The maximum absolute atomic E-state index is 12.3. The molecule has 3 nitrogen and oxygen atoms in total. The van der Waals surface area contributed by atoms with Crippen LogP contribution in [0.15, 0.2) is 18.2 Å². The maximum atomic E-state index is 12.3. The van der Waals surface area contributed by atoms with Crippen molar-refractivity contribution >= 4 is 16.8 Å². The number of carbonyl (C=O) groups is 1. The summed E-state index contributed by atoms with van der Waals surface area (Å²) in [5, 5.41) is 4.47. The average molecular weight is 268 g/mol. The van der Waals surface area contributed by atoms with Crippen LogP contribution in [0.3, 0.4) is 0 Å². The van der Waals surface area contributed by atoms with Crippen molar-refractivity contribution in [3.63, 3.8) is 0 Å². The van der Waals surface area contributed by atoms with Crippen molar-refractivity contribution in [2.75, 3.05) is 0 Å². The molecular formula is C17H20N2O. The minimum Gasteiger partial charge on any atom is -0.358 e. The lowest BCUT2D eigenvalue weighted by Gasteiger charge is -2.21. The van der Waals surface area contributed by atoms with Gasteiger partial charge in [0.05, 0.1) is 0 Å². The van der Waals surface area contributed by atoms with Crippen molar-refractivity contribution in [2.24, 2.45) is 5.92 Å². The predicted molar refractivity (Wildman–Crippen MR) is 79.7 cm³/mol. The van der Waals surface area contributed by atoms with Gasteiger partial charge in [0.15, 0.2) is 0 Å². The second-order valence-corrected chi connectivity index (χ2v) is 6.35. The van der Waals surface area contributed by atoms with Gasteiger partial charge in [-0.3, -0.25) is 4.79 Å². The Kier molecular flexibility index (Phi) is 2.62. The quantitative estimate of drug-likeness (QED) is 0.864. The smallest absolute Gasteiger partial charge is 0.223 e. The van der Waals surface area contributed by atoms with Gasteiger partial charge in [-0.25, -0.2) is 0 Å². The highest BCUT2D eigenvalue weighted by atomic mass is 16.2. The number of nitrogens with one attached hydrogen (secondary N) is 2. The highest BCUT2D eigenvalue weighted by Crippen LogP contribution is 2.33. The van der Waals surface area contributed by atoms with Gasteiger partial charge in [-0.05, 0) is 56.7 Å². The number of aromatic nitrogens is 1. The molecule has 1 unspecified atom stereocenters. The van der Waals surface area contributed by atoms with Crippen LogP contribution >= 0.6 is 0 Å². The van der Waals surface area contributed by atoms with Gasteiger partial charge < -0.3 is 10.3 Å². The number of hydrogen-bond acceptors (Lipinski definition) is 1. The molecule has 2 aliphatic carbocycles. The first-order valence-corrected chi connectivity index (χ1v) is 7.61. The van der Waals surface area contributed by atoms with Gasteiger partial charge in [0.2, 0.25) is 5.91 Å². The van der Waals surface area contributed by atoms with E-state index < -0.39 is 0 Å². The number of H-pyrrole nitrogens is 1. The minimum atomic E-state index is 0.155. The monoisotopic (exact) mass is 268 g/mol. The van der Waals surface area contributed by atoms with E-state index in [2.05, 4.69) is 35.4 Å². The van der Waals surface area contributed by atoms with E-state index in [-0.39, 0.29) is 11.8 Å². The molecule has 1 atom stereocenters. The van der Waals surface area contributed by atoms with Gasteiger partial charge in [0.1, 0.15) is 0 Å². The van der Waals surface area contributed by atoms with Gasteiger partial charge in [0, 0.05) is 28.6 Å². The summed E-state index contributed by atoms with van der Waals surface area (Å²) in [4.78, 5) is 15.8. The third-order valence-electron chi connectivity index (χ3n) is 4.64. The molecule has 104 valence electrons. The van der Waals surface area contributed by atoms with Crippen LogP contribution in [0.5, 0.6) is 0 Å². The second-order valence-electron chi connectivity index (χ2n) is 6.35. The molecule has 0 bridgehead atoms. The Balaban J connectivity index is 1.65. The molecule has 1 heterocycles. The van der Waals surface area contributed by atoms with Crippen LogP contribution in [0, 0.1) is 12.8 Å². The summed E-state index contributed by atoms with van der Waals surface area (Å²) in [6, 6.07) is 7.00. The number of aryl methyl sites for hydroxylation is 2. The zero-order chi connectivity index (χ0) is 13.7. The predicted octanol–water partition coefficient (Wildman–Crippen LogP) is 2.86. The van der Waals surface area contributed by atoms with Crippen molar-refractivity contribution in [2.45, 2.75) is 45.1 Å². The third-order valence-corrected chi connectivity index (χ3v) is 4.64. The van der Waals surface area contributed by atoms with Crippen LogP contribution in [-0.2, 0) is 17.6 Å². The van der Waals surface area contributed by atoms with Crippen molar-refractivity contribution in [1.82, 2.24) is 10.3 Å². The molecule has 1 amide bonds. The van der Waals surface area contributed by atoms with Crippen molar-refractivity contribution in [3.05, 3.63) is 35.0 Å². The van der Waals surface area contributed by atoms with E-state index in [0.29, 0.717) is 6.04 Å². The summed E-state index contributed by atoms with van der Waals surface area (Å²) < 4.78 is 0. The molecule has 1 aromatic carbocycles. The first-order chi connectivity index (χ1) is 9.70. The summed E-state index contributed by atoms with van der Waals surface area (Å²) in [6.45, 7) is 2.12. The van der Waals surface area contributed by atoms with E-state index in [4.69, 9.17) is 0 Å². The van der Waals surface area contributed by atoms with Crippen LogP contribution in [0.1, 0.15) is 36.1 Å². The van der Waals surface area contributed by atoms with E-state index in [1.165, 1.54) is 27.7 Å². The fourth-order valence-corrected chi connectivity index (χ4v) is 3.30. The molecule has 0 radical (unpaired) electrons. The molecule has 1 aromatic heterocycles. The normalized spacial score (nSPS) is 21.8. The van der Waals surface area contributed by atoms with E-state index in [9.17, 15) is 4.79 Å². The molecule has 20 heavy (non-hydrogen) atoms. The molecule has 2 N–H and O–H groups in total. The van der Waals surface area contributed by atoms with Crippen LogP contribution in [0.2, 0.25) is 0 Å². The molecule has 2 aliphatic rings. The number of rotatable bonds is 2. The molecule has 2 aromatic rings. The van der Waals surface area contributed by atoms with Gasteiger partial charge >= 0.3 is 0 Å². The largest absolute Gasteiger partial charge is 0.358 e. The lowest BCUT2D eigenvalue weighted by molar-refractivity contribution is -0.125. The zero-order valence-electron chi connectivity index (χ0n) is 11.8. The van der Waals surface area contributed by atoms with Crippen LogP contribution in [-0.4, -0.2) is 16.9 Å². The second kappa shape index (κ2) is 4.37. The van der Waals surface area contributed by atoms with Crippen LogP contribution in [0.25, 0.3) is 10.9 Å². The molecule has 1 saturated carbocycles. The Labute approximate surface area is 118 Å². The lowest BCUT2D eigenvalue weighted by Crippen LogP contribution is -2.35. The molecule has 3 heteroatoms. The molecular weight excluding hydrogens is 248 g/mol. The fourth-order valence-electron chi connectivity index (χ4n) is 3.30. The Morgan fingerprint density at radius 2 is 2.15 bits per heavy atom. The molecule has 1 fully saturated rings. The number of carbonyl (C=O) groups excluding carboxylic acids is 1. The Morgan fingerprint density at radius 3 is 2.95 bits per heavy atom. The zero-order valence-corrected chi connectivity index (χ0v) is 11.8. The molecule has 0 spiro atoms. The summed E-state index contributed by atoms with van der Waals surface area (Å²) in [6.07, 6.45) is 5.17. The molecule has 0 aliphatic heterocycles. The van der Waals surface area contributed by atoms with Gasteiger partial charge in [-0.2, -0.15) is 0 Å². The number of aromatic amines is 1. The summed E-state index contributed by atoms with van der Waals surface area (Å²) >= 11 is 0. The van der Waals surface area contributed by atoms with Crippen molar-refractivity contribution in [3.8, 4) is 0 Å². The van der Waals surface area contributed by atoms with E-state index in [1.54, 1.807) is 0 Å². The number of hydrogen-bond donors (Lipinski definition) is 2. The van der Waals surface area contributed by atoms with E-state index >= 15 is 0 Å². The first kappa shape index (κ1) is 12.0. The fraction of sp³-hybridized carbons (Fsp3) is 0.471. The molecule has 4 rings (SSSR count). The van der Waals surface area contributed by atoms with Crippen molar-refractivity contribution < 1.29 is 4.79 Å². The minimum absolute atomic E-state index is 0.155. The van der Waals surface area contributed by atoms with Gasteiger partial charge in [-0.15, -0.1) is 0 Å². The summed E-state index contributed by atoms with van der Waals surface area (Å²) in [5.41, 5.74) is 5.19.